The van der Waals surface area contributed by atoms with Crippen molar-refractivity contribution in [2.75, 3.05) is 0 Å². The van der Waals surface area contributed by atoms with E-state index in [9.17, 15) is 5.26 Å². The first-order valence-corrected chi connectivity index (χ1v) is 8.59. The zero-order valence-electron chi connectivity index (χ0n) is 15.0. The number of hydrogen-bond acceptors (Lipinski definition) is 3. The van der Waals surface area contributed by atoms with Crippen LogP contribution in [0.1, 0.15) is 27.8 Å². The van der Waals surface area contributed by atoms with Gasteiger partial charge in [-0.2, -0.15) is 10.5 Å². The maximum Gasteiger partial charge on any atom is 0.120 e. The van der Waals surface area contributed by atoms with Crippen molar-refractivity contribution in [3.63, 3.8) is 0 Å². The van der Waals surface area contributed by atoms with Crippen LogP contribution in [0.15, 0.2) is 72.8 Å². The summed E-state index contributed by atoms with van der Waals surface area (Å²) in [5, 5.41) is 18.6. The van der Waals surface area contributed by atoms with Gasteiger partial charge >= 0.3 is 0 Å². The number of allylic oxidation sites excluding steroid dienone is 1. The van der Waals surface area contributed by atoms with Crippen molar-refractivity contribution in [3.8, 4) is 17.9 Å². The third kappa shape index (κ3) is 4.84. The molecule has 0 aliphatic carbocycles. The van der Waals surface area contributed by atoms with Crippen LogP contribution in [0.4, 0.5) is 0 Å². The Balaban J connectivity index is 1.79. The Bertz CT molecular complexity index is 1050. The first-order valence-electron chi connectivity index (χ1n) is 8.59. The van der Waals surface area contributed by atoms with Crippen molar-refractivity contribution in [2.24, 2.45) is 0 Å². The highest BCUT2D eigenvalue weighted by atomic mass is 16.5. The van der Waals surface area contributed by atoms with Crippen molar-refractivity contribution >= 4 is 11.6 Å². The van der Waals surface area contributed by atoms with E-state index >= 15 is 0 Å². The lowest BCUT2D eigenvalue weighted by Gasteiger charge is -2.08. The van der Waals surface area contributed by atoms with Crippen molar-refractivity contribution in [2.45, 2.75) is 13.5 Å². The van der Waals surface area contributed by atoms with E-state index in [1.807, 2.05) is 30.3 Å². The van der Waals surface area contributed by atoms with E-state index in [2.05, 4.69) is 43.3 Å². The summed E-state index contributed by atoms with van der Waals surface area (Å²) in [5.41, 5.74) is 4.95. The zero-order chi connectivity index (χ0) is 19.1. The van der Waals surface area contributed by atoms with Crippen LogP contribution in [0.5, 0.6) is 5.75 Å². The molecule has 0 aromatic heterocycles. The highest BCUT2D eigenvalue weighted by Gasteiger charge is 2.04. The maximum atomic E-state index is 9.52. The second-order valence-corrected chi connectivity index (χ2v) is 6.21. The van der Waals surface area contributed by atoms with Crippen LogP contribution in [0.3, 0.4) is 0 Å². The fourth-order valence-corrected chi connectivity index (χ4v) is 2.65. The number of hydrogen-bond donors (Lipinski definition) is 0. The molecule has 0 saturated carbocycles. The summed E-state index contributed by atoms with van der Waals surface area (Å²) < 4.78 is 5.87. The summed E-state index contributed by atoms with van der Waals surface area (Å²) in [5.74, 6) is 0.743. The number of aryl methyl sites for hydroxylation is 1. The number of rotatable bonds is 5. The minimum Gasteiger partial charge on any atom is -0.489 e. The van der Waals surface area contributed by atoms with E-state index in [1.54, 1.807) is 24.3 Å². The van der Waals surface area contributed by atoms with E-state index in [-0.39, 0.29) is 0 Å². The first-order chi connectivity index (χ1) is 13.2. The van der Waals surface area contributed by atoms with Crippen molar-refractivity contribution in [1.29, 1.82) is 10.5 Å². The van der Waals surface area contributed by atoms with E-state index in [4.69, 9.17) is 10.00 Å². The Morgan fingerprint density at radius 3 is 2.48 bits per heavy atom. The standard InChI is InChI=1S/C24H18N2O/c1-18-8-10-19(11-9-18)17-27-24-7-3-4-20(14-24)12-23(16-26)22-6-2-5-21(13-22)15-25/h2-14H,17H2,1H3/b23-12-. The molecule has 0 amide bonds. The Hall–Kier alpha value is -3.82. The van der Waals surface area contributed by atoms with E-state index in [1.165, 1.54) is 5.56 Å². The molecule has 0 spiro atoms. The molecule has 3 rings (SSSR count). The summed E-state index contributed by atoms with van der Waals surface area (Å²) in [4.78, 5) is 0. The zero-order valence-corrected chi connectivity index (χ0v) is 15.0. The number of ether oxygens (including phenoxy) is 1. The van der Waals surface area contributed by atoms with Gasteiger partial charge < -0.3 is 4.74 Å². The molecule has 3 aromatic carbocycles. The van der Waals surface area contributed by atoms with Gasteiger partial charge in [-0.15, -0.1) is 0 Å². The molecule has 0 aliphatic heterocycles. The molecule has 0 fully saturated rings. The molecule has 27 heavy (non-hydrogen) atoms. The van der Waals surface area contributed by atoms with Crippen LogP contribution in [0.2, 0.25) is 0 Å². The largest absolute Gasteiger partial charge is 0.489 e. The number of nitrogens with zero attached hydrogens (tertiary/aromatic N) is 2. The Morgan fingerprint density at radius 2 is 1.74 bits per heavy atom. The summed E-state index contributed by atoms with van der Waals surface area (Å²) in [6.07, 6.45) is 1.80. The normalized spacial score (nSPS) is 10.7. The Kier molecular flexibility index (Phi) is 5.67. The van der Waals surface area contributed by atoms with Gasteiger partial charge in [0.25, 0.3) is 0 Å². The van der Waals surface area contributed by atoms with Crippen LogP contribution in [0.25, 0.3) is 11.6 Å². The van der Waals surface area contributed by atoms with Gasteiger partial charge in [0, 0.05) is 0 Å². The predicted molar refractivity (Wildman–Crippen MR) is 107 cm³/mol. The van der Waals surface area contributed by atoms with Crippen LogP contribution in [-0.4, -0.2) is 0 Å². The van der Waals surface area contributed by atoms with Crippen molar-refractivity contribution in [3.05, 3.63) is 101 Å². The maximum absolute atomic E-state index is 9.52. The van der Waals surface area contributed by atoms with Gasteiger partial charge in [0.15, 0.2) is 0 Å². The van der Waals surface area contributed by atoms with Crippen LogP contribution < -0.4 is 4.74 Å². The van der Waals surface area contributed by atoms with Gasteiger partial charge in [0.1, 0.15) is 12.4 Å². The second kappa shape index (κ2) is 8.52. The van der Waals surface area contributed by atoms with Gasteiger partial charge in [-0.3, -0.25) is 0 Å². The molecule has 3 nitrogen and oxygen atoms in total. The van der Waals surface area contributed by atoms with Crippen molar-refractivity contribution in [1.82, 2.24) is 0 Å². The lowest BCUT2D eigenvalue weighted by molar-refractivity contribution is 0.306. The summed E-state index contributed by atoms with van der Waals surface area (Å²) >= 11 is 0. The molecule has 0 bridgehead atoms. The average molecular weight is 350 g/mol. The SMILES string of the molecule is Cc1ccc(COc2cccc(/C=C(/C#N)c3cccc(C#N)c3)c2)cc1. The van der Waals surface area contributed by atoms with Gasteiger partial charge in [-0.05, 0) is 54.0 Å². The molecule has 3 heteroatoms. The van der Waals surface area contributed by atoms with Gasteiger partial charge in [0.2, 0.25) is 0 Å². The fourth-order valence-electron chi connectivity index (χ4n) is 2.65. The highest BCUT2D eigenvalue weighted by Crippen LogP contribution is 2.22. The number of nitriles is 2. The molecule has 3 aromatic rings. The molecule has 130 valence electrons. The van der Waals surface area contributed by atoms with E-state index in [0.717, 1.165) is 22.4 Å². The Morgan fingerprint density at radius 1 is 0.963 bits per heavy atom. The highest BCUT2D eigenvalue weighted by molar-refractivity contribution is 5.90. The molecule has 0 aliphatic rings. The molecular formula is C24H18N2O. The Labute approximate surface area is 159 Å². The van der Waals surface area contributed by atoms with E-state index in [0.29, 0.717) is 17.7 Å². The topological polar surface area (TPSA) is 56.8 Å². The smallest absolute Gasteiger partial charge is 0.120 e. The number of benzene rings is 3. The quantitative estimate of drug-likeness (QED) is 0.450. The molecule has 0 unspecified atom stereocenters. The lowest BCUT2D eigenvalue weighted by atomic mass is 10.0. The fraction of sp³-hybridized carbons (Fsp3) is 0.0833. The van der Waals surface area contributed by atoms with E-state index < -0.39 is 0 Å². The molecular weight excluding hydrogens is 332 g/mol. The van der Waals surface area contributed by atoms with Crippen molar-refractivity contribution < 1.29 is 4.74 Å². The van der Waals surface area contributed by atoms with Gasteiger partial charge in [-0.1, -0.05) is 54.1 Å². The molecule has 0 N–H and O–H groups in total. The van der Waals surface area contributed by atoms with Crippen LogP contribution >= 0.6 is 0 Å². The first kappa shape index (κ1) is 18.0. The predicted octanol–water partition coefficient (Wildman–Crippen LogP) is 5.51. The molecule has 0 heterocycles. The third-order valence-corrected chi connectivity index (χ3v) is 4.12. The van der Waals surface area contributed by atoms with Gasteiger partial charge in [0.05, 0.1) is 23.3 Å². The summed E-state index contributed by atoms with van der Waals surface area (Å²) in [7, 11) is 0. The minimum atomic E-state index is 0.489. The monoisotopic (exact) mass is 350 g/mol. The average Bonchev–Trinajstić information content (AvgIpc) is 2.72. The van der Waals surface area contributed by atoms with Gasteiger partial charge in [-0.25, -0.2) is 0 Å². The minimum absolute atomic E-state index is 0.489. The second-order valence-electron chi connectivity index (χ2n) is 6.21. The summed E-state index contributed by atoms with van der Waals surface area (Å²) in [6, 6.07) is 27.2. The molecule has 0 saturated heterocycles. The third-order valence-electron chi connectivity index (χ3n) is 4.12. The van der Waals surface area contributed by atoms with Crippen LogP contribution in [-0.2, 0) is 6.61 Å². The molecule has 0 radical (unpaired) electrons. The van der Waals surface area contributed by atoms with Crippen LogP contribution in [0, 0.1) is 29.6 Å². The lowest BCUT2D eigenvalue weighted by Crippen LogP contribution is -1.95. The molecule has 0 atom stereocenters. The summed E-state index contributed by atoms with van der Waals surface area (Å²) in [6.45, 7) is 2.54.